The van der Waals surface area contributed by atoms with E-state index in [1.807, 2.05) is 36.5 Å². The maximum Gasteiger partial charge on any atom is 0.174 e. The van der Waals surface area contributed by atoms with Crippen LogP contribution < -0.4 is 10.2 Å². The van der Waals surface area contributed by atoms with Crippen molar-refractivity contribution < 1.29 is 0 Å². The predicted octanol–water partition coefficient (Wildman–Crippen LogP) is 7.59. The number of rotatable bonds is 4. The summed E-state index contributed by atoms with van der Waals surface area (Å²) >= 11 is 18.7. The fourth-order valence-electron chi connectivity index (χ4n) is 5.16. The summed E-state index contributed by atoms with van der Waals surface area (Å²) < 4.78 is 2.19. The van der Waals surface area contributed by atoms with Crippen molar-refractivity contribution in [2.24, 2.45) is 0 Å². The summed E-state index contributed by atoms with van der Waals surface area (Å²) in [5.74, 6) is 0. The molecule has 4 aromatic rings. The van der Waals surface area contributed by atoms with Gasteiger partial charge in [-0.25, -0.2) is 0 Å². The Bertz CT molecular complexity index is 1410. The number of aromatic nitrogens is 2. The molecule has 178 valence electrons. The molecule has 1 fully saturated rings. The molecule has 4 nitrogen and oxygen atoms in total. The van der Waals surface area contributed by atoms with Crippen LogP contribution in [0.2, 0.25) is 10.0 Å². The predicted molar refractivity (Wildman–Crippen MR) is 149 cm³/mol. The largest absolute Gasteiger partial charge is 0.351 e. The number of benzene rings is 2. The number of aryl methyl sites for hydroxylation is 3. The van der Waals surface area contributed by atoms with Gasteiger partial charge in [-0.1, -0.05) is 35.3 Å². The fourth-order valence-corrected chi connectivity index (χ4v) is 6.00. The summed E-state index contributed by atoms with van der Waals surface area (Å²) in [6.07, 6.45) is 1.83. The van der Waals surface area contributed by atoms with Gasteiger partial charge in [-0.15, -0.1) is 0 Å². The summed E-state index contributed by atoms with van der Waals surface area (Å²) in [7, 11) is 0. The second-order valence-corrected chi connectivity index (χ2v) is 10.3. The van der Waals surface area contributed by atoms with Crippen molar-refractivity contribution in [2.45, 2.75) is 39.8 Å². The van der Waals surface area contributed by atoms with Crippen LogP contribution in [0, 0.1) is 27.7 Å². The number of anilines is 1. The average molecular weight is 522 g/mol. The van der Waals surface area contributed by atoms with Gasteiger partial charge in [0.1, 0.15) is 0 Å². The SMILES string of the molecule is Cc1cc(C)cc(N2C(=S)NC(c3ccccn3)C2c2cc(C)n(-c3ccc(Cl)cc3Cl)c2C)c1. The molecular formula is C28H26Cl2N4S. The molecule has 2 aromatic carbocycles. The van der Waals surface area contributed by atoms with Gasteiger partial charge in [-0.05, 0) is 105 Å². The van der Waals surface area contributed by atoms with E-state index >= 15 is 0 Å². The number of nitrogens with zero attached hydrogens (tertiary/aromatic N) is 3. The molecule has 1 N–H and O–H groups in total. The van der Waals surface area contributed by atoms with Crippen LogP contribution in [0.25, 0.3) is 5.69 Å². The highest BCUT2D eigenvalue weighted by molar-refractivity contribution is 7.80. The van der Waals surface area contributed by atoms with Crippen molar-refractivity contribution >= 4 is 46.2 Å². The molecule has 1 aliphatic rings. The molecule has 7 heteroatoms. The minimum Gasteiger partial charge on any atom is -0.351 e. The van der Waals surface area contributed by atoms with Gasteiger partial charge in [0.2, 0.25) is 0 Å². The molecule has 0 amide bonds. The van der Waals surface area contributed by atoms with Gasteiger partial charge in [0.25, 0.3) is 0 Å². The third kappa shape index (κ3) is 4.33. The standard InChI is InChI=1S/C28H26Cl2N4S/c1-16-11-17(2)13-21(12-16)34-27(26(32-28(34)35)24-7-5-6-10-31-24)22-14-18(3)33(19(22)4)25-9-8-20(29)15-23(25)30/h5-15,26-27H,1-4H3,(H,32,35). The Kier molecular flexibility index (Phi) is 6.34. The lowest BCUT2D eigenvalue weighted by Gasteiger charge is -2.29. The van der Waals surface area contributed by atoms with E-state index in [1.54, 1.807) is 6.07 Å². The summed E-state index contributed by atoms with van der Waals surface area (Å²) in [5.41, 5.74) is 8.65. The quantitative estimate of drug-likeness (QED) is 0.281. The Balaban J connectivity index is 1.71. The third-order valence-electron chi connectivity index (χ3n) is 6.52. The number of pyridine rings is 1. The molecule has 0 aliphatic carbocycles. The van der Waals surface area contributed by atoms with Crippen LogP contribution >= 0.6 is 35.4 Å². The Hall–Kier alpha value is -2.86. The molecule has 2 unspecified atom stereocenters. The van der Waals surface area contributed by atoms with E-state index in [0.29, 0.717) is 15.2 Å². The van der Waals surface area contributed by atoms with Crippen molar-refractivity contribution in [2.75, 3.05) is 4.90 Å². The van der Waals surface area contributed by atoms with Crippen LogP contribution in [-0.4, -0.2) is 14.7 Å². The van der Waals surface area contributed by atoms with E-state index in [9.17, 15) is 0 Å². The first kappa shape index (κ1) is 23.9. The minimum atomic E-state index is -0.112. The number of thiocarbonyl (C=S) groups is 1. The van der Waals surface area contributed by atoms with Crippen LogP contribution in [0.1, 0.15) is 45.9 Å². The molecule has 3 heterocycles. The van der Waals surface area contributed by atoms with Crippen LogP contribution in [0.5, 0.6) is 0 Å². The van der Waals surface area contributed by atoms with E-state index in [4.69, 9.17) is 35.4 Å². The zero-order chi connectivity index (χ0) is 24.9. The van der Waals surface area contributed by atoms with Gasteiger partial charge in [-0.2, -0.15) is 0 Å². The van der Waals surface area contributed by atoms with E-state index < -0.39 is 0 Å². The number of halogens is 2. The molecule has 2 atom stereocenters. The molecular weight excluding hydrogens is 495 g/mol. The van der Waals surface area contributed by atoms with Crippen molar-refractivity contribution in [3.63, 3.8) is 0 Å². The van der Waals surface area contributed by atoms with Crippen molar-refractivity contribution in [3.8, 4) is 5.69 Å². The van der Waals surface area contributed by atoms with Crippen LogP contribution in [0.4, 0.5) is 5.69 Å². The topological polar surface area (TPSA) is 33.1 Å². The van der Waals surface area contributed by atoms with Gasteiger partial charge < -0.3 is 14.8 Å². The first-order valence-corrected chi connectivity index (χ1v) is 12.6. The van der Waals surface area contributed by atoms with Gasteiger partial charge >= 0.3 is 0 Å². The number of hydrogen-bond donors (Lipinski definition) is 1. The van der Waals surface area contributed by atoms with Crippen LogP contribution in [0.15, 0.2) is 66.9 Å². The normalized spacial score (nSPS) is 17.7. The monoisotopic (exact) mass is 520 g/mol. The maximum atomic E-state index is 6.63. The number of nitrogens with one attached hydrogen (secondary N) is 1. The second kappa shape index (κ2) is 9.30. The van der Waals surface area contributed by atoms with Gasteiger partial charge in [0, 0.05) is 28.3 Å². The Labute approximate surface area is 221 Å². The maximum absolute atomic E-state index is 6.63. The molecule has 0 spiro atoms. The van der Waals surface area contributed by atoms with Crippen molar-refractivity contribution in [3.05, 3.63) is 111 Å². The summed E-state index contributed by atoms with van der Waals surface area (Å²) in [4.78, 5) is 6.91. The second-order valence-electron chi connectivity index (χ2n) is 9.10. The summed E-state index contributed by atoms with van der Waals surface area (Å²) in [6, 6.07) is 20.2. The van der Waals surface area contributed by atoms with E-state index in [1.165, 1.54) is 11.1 Å². The molecule has 35 heavy (non-hydrogen) atoms. The Morgan fingerprint density at radius 1 is 0.914 bits per heavy atom. The summed E-state index contributed by atoms with van der Waals surface area (Å²) in [5, 5.41) is 5.47. The average Bonchev–Trinajstić information content (AvgIpc) is 3.29. The highest BCUT2D eigenvalue weighted by atomic mass is 35.5. The lowest BCUT2D eigenvalue weighted by molar-refractivity contribution is 0.565. The molecule has 0 radical (unpaired) electrons. The van der Waals surface area contributed by atoms with Gasteiger partial charge in [0.05, 0.1) is 28.5 Å². The van der Waals surface area contributed by atoms with Gasteiger partial charge in [-0.3, -0.25) is 4.98 Å². The minimum absolute atomic E-state index is 0.0929. The zero-order valence-electron chi connectivity index (χ0n) is 20.0. The zero-order valence-corrected chi connectivity index (χ0v) is 22.3. The Morgan fingerprint density at radius 3 is 2.31 bits per heavy atom. The lowest BCUT2D eigenvalue weighted by atomic mass is 9.96. The van der Waals surface area contributed by atoms with Crippen molar-refractivity contribution in [1.29, 1.82) is 0 Å². The van der Waals surface area contributed by atoms with Crippen molar-refractivity contribution in [1.82, 2.24) is 14.9 Å². The molecule has 2 aromatic heterocycles. The third-order valence-corrected chi connectivity index (χ3v) is 7.37. The molecule has 0 saturated carbocycles. The highest BCUT2D eigenvalue weighted by Crippen LogP contribution is 2.44. The molecule has 0 bridgehead atoms. The molecule has 5 rings (SSSR count). The van der Waals surface area contributed by atoms with E-state index in [0.717, 1.165) is 34.0 Å². The Morgan fingerprint density at radius 2 is 1.66 bits per heavy atom. The van der Waals surface area contributed by atoms with Crippen LogP contribution in [0.3, 0.4) is 0 Å². The lowest BCUT2D eigenvalue weighted by Crippen LogP contribution is -2.29. The first-order chi connectivity index (χ1) is 16.7. The highest BCUT2D eigenvalue weighted by Gasteiger charge is 2.42. The van der Waals surface area contributed by atoms with E-state index in [2.05, 4.69) is 71.7 Å². The fraction of sp³-hybridized carbons (Fsp3) is 0.214. The van der Waals surface area contributed by atoms with E-state index in [-0.39, 0.29) is 12.1 Å². The number of hydrogen-bond acceptors (Lipinski definition) is 2. The smallest absolute Gasteiger partial charge is 0.174 e. The molecule has 1 saturated heterocycles. The molecule has 1 aliphatic heterocycles. The first-order valence-electron chi connectivity index (χ1n) is 11.5. The summed E-state index contributed by atoms with van der Waals surface area (Å²) in [6.45, 7) is 8.45. The van der Waals surface area contributed by atoms with Gasteiger partial charge in [0.15, 0.2) is 5.11 Å². The van der Waals surface area contributed by atoms with Crippen LogP contribution in [-0.2, 0) is 0 Å².